The van der Waals surface area contributed by atoms with Crippen molar-refractivity contribution >= 4 is 0 Å². The molecular weight excluding hydrogens is 236 g/mol. The van der Waals surface area contributed by atoms with E-state index in [1.165, 1.54) is 5.56 Å². The first-order valence-corrected chi connectivity index (χ1v) is 7.48. The maximum absolute atomic E-state index is 6.14. The lowest BCUT2D eigenvalue weighted by atomic mass is 9.84. The van der Waals surface area contributed by atoms with Gasteiger partial charge in [0.15, 0.2) is 0 Å². The third-order valence-electron chi connectivity index (χ3n) is 3.90. The smallest absolute Gasteiger partial charge is 0.0832 e. The first-order chi connectivity index (χ1) is 9.22. The molecule has 1 atom stereocenters. The summed E-state index contributed by atoms with van der Waals surface area (Å²) in [5.74, 6) is 0. The van der Waals surface area contributed by atoms with Gasteiger partial charge in [0.1, 0.15) is 0 Å². The van der Waals surface area contributed by atoms with E-state index in [2.05, 4.69) is 50.1 Å². The van der Waals surface area contributed by atoms with Crippen molar-refractivity contribution in [3.63, 3.8) is 0 Å². The average molecular weight is 264 g/mol. The van der Waals surface area contributed by atoms with Gasteiger partial charge in [0, 0.05) is 25.0 Å². The number of ether oxygens (including phenoxy) is 1. The fraction of sp³-hybridized carbons (Fsp3) is 0.688. The van der Waals surface area contributed by atoms with E-state index >= 15 is 0 Å². The van der Waals surface area contributed by atoms with Crippen LogP contribution < -0.4 is 5.32 Å². The molecule has 0 aliphatic carbocycles. The largest absolute Gasteiger partial charge is 0.374 e. The van der Waals surface area contributed by atoms with Crippen molar-refractivity contribution in [2.75, 3.05) is 13.2 Å². The Balaban J connectivity index is 2.90. The maximum Gasteiger partial charge on any atom is 0.0832 e. The Morgan fingerprint density at radius 2 is 1.79 bits per heavy atom. The second-order valence-electron chi connectivity index (χ2n) is 4.87. The van der Waals surface area contributed by atoms with E-state index < -0.39 is 0 Å². The van der Waals surface area contributed by atoms with Crippen molar-refractivity contribution < 1.29 is 4.74 Å². The Morgan fingerprint density at radius 3 is 2.26 bits per heavy atom. The van der Waals surface area contributed by atoms with Crippen LogP contribution in [0, 0.1) is 0 Å². The molecule has 0 saturated carbocycles. The number of rotatable bonds is 9. The van der Waals surface area contributed by atoms with Crippen LogP contribution in [0.3, 0.4) is 0 Å². The molecule has 0 aromatic carbocycles. The quantitative estimate of drug-likeness (QED) is 0.743. The fourth-order valence-corrected chi connectivity index (χ4v) is 2.78. The van der Waals surface area contributed by atoms with E-state index in [1.54, 1.807) is 0 Å². The molecule has 108 valence electrons. The van der Waals surface area contributed by atoms with Crippen LogP contribution in [0.5, 0.6) is 0 Å². The van der Waals surface area contributed by atoms with Crippen molar-refractivity contribution in [3.8, 4) is 0 Å². The summed E-state index contributed by atoms with van der Waals surface area (Å²) in [6.07, 6.45) is 6.76. The summed E-state index contributed by atoms with van der Waals surface area (Å²) in [5, 5.41) is 3.61. The van der Waals surface area contributed by atoms with Gasteiger partial charge in [0.2, 0.25) is 0 Å². The monoisotopic (exact) mass is 264 g/mol. The molecular formula is C16H28N2O. The average Bonchev–Trinajstić information content (AvgIpc) is 2.46. The number of nitrogens with zero attached hydrogens (tertiary/aromatic N) is 1. The summed E-state index contributed by atoms with van der Waals surface area (Å²) in [7, 11) is 0. The second kappa shape index (κ2) is 8.28. The van der Waals surface area contributed by atoms with Gasteiger partial charge in [-0.25, -0.2) is 0 Å². The second-order valence-corrected chi connectivity index (χ2v) is 4.87. The molecule has 1 unspecified atom stereocenters. The summed E-state index contributed by atoms with van der Waals surface area (Å²) in [4.78, 5) is 4.09. The molecule has 1 heterocycles. The Hall–Kier alpha value is -0.930. The fourth-order valence-electron chi connectivity index (χ4n) is 2.78. The molecule has 1 aromatic heterocycles. The molecule has 0 spiro atoms. The van der Waals surface area contributed by atoms with Crippen LogP contribution >= 0.6 is 0 Å². The van der Waals surface area contributed by atoms with Gasteiger partial charge in [0.05, 0.1) is 5.60 Å². The molecule has 1 aromatic rings. The summed E-state index contributed by atoms with van der Waals surface area (Å²) in [5.41, 5.74) is 1.24. The van der Waals surface area contributed by atoms with Gasteiger partial charge in [-0.1, -0.05) is 20.8 Å². The highest BCUT2D eigenvalue weighted by Crippen LogP contribution is 2.27. The predicted octanol–water partition coefficient (Wildman–Crippen LogP) is 3.20. The van der Waals surface area contributed by atoms with Gasteiger partial charge in [0.25, 0.3) is 0 Å². The Kier molecular flexibility index (Phi) is 7.03. The van der Waals surface area contributed by atoms with Crippen LogP contribution in [0.2, 0.25) is 0 Å². The first kappa shape index (κ1) is 16.1. The summed E-state index contributed by atoms with van der Waals surface area (Å²) in [6, 6.07) is 4.52. The molecule has 1 rings (SSSR count). The topological polar surface area (TPSA) is 34.2 Å². The zero-order valence-electron chi connectivity index (χ0n) is 12.8. The Morgan fingerprint density at radius 1 is 1.16 bits per heavy atom. The zero-order chi connectivity index (χ0) is 14.1. The first-order valence-electron chi connectivity index (χ1n) is 7.48. The van der Waals surface area contributed by atoms with Crippen LogP contribution in [0.25, 0.3) is 0 Å². The minimum Gasteiger partial charge on any atom is -0.374 e. The molecule has 0 radical (unpaired) electrons. The normalized spacial score (nSPS) is 13.5. The molecule has 3 heteroatoms. The highest BCUT2D eigenvalue weighted by Gasteiger charge is 2.35. The van der Waals surface area contributed by atoms with E-state index in [0.29, 0.717) is 6.04 Å². The van der Waals surface area contributed by atoms with Crippen molar-refractivity contribution in [2.45, 2.75) is 58.6 Å². The number of likely N-dealkylation sites (N-methyl/N-ethyl adjacent to an activating group) is 1. The van der Waals surface area contributed by atoms with Gasteiger partial charge in [-0.3, -0.25) is 4.98 Å². The Bertz CT molecular complexity index is 336. The van der Waals surface area contributed by atoms with Gasteiger partial charge in [-0.2, -0.15) is 0 Å². The van der Waals surface area contributed by atoms with Crippen LogP contribution in [0.15, 0.2) is 24.5 Å². The molecule has 0 aliphatic rings. The number of pyridine rings is 1. The van der Waals surface area contributed by atoms with Crippen molar-refractivity contribution in [2.24, 2.45) is 0 Å². The minimum atomic E-state index is -0.0754. The third-order valence-corrected chi connectivity index (χ3v) is 3.90. The molecule has 0 amide bonds. The summed E-state index contributed by atoms with van der Waals surface area (Å²) < 4.78 is 6.14. The summed E-state index contributed by atoms with van der Waals surface area (Å²) in [6.45, 7) is 10.4. The van der Waals surface area contributed by atoms with Crippen LogP contribution in [0.4, 0.5) is 0 Å². The lowest BCUT2D eigenvalue weighted by Crippen LogP contribution is -2.53. The van der Waals surface area contributed by atoms with Crippen LogP contribution in [0.1, 0.15) is 46.1 Å². The lowest BCUT2D eigenvalue weighted by molar-refractivity contribution is -0.0715. The zero-order valence-corrected chi connectivity index (χ0v) is 12.8. The van der Waals surface area contributed by atoms with Gasteiger partial charge in [-0.15, -0.1) is 0 Å². The molecule has 3 nitrogen and oxygen atoms in total. The van der Waals surface area contributed by atoms with E-state index in [0.717, 1.165) is 32.4 Å². The van der Waals surface area contributed by atoms with Gasteiger partial charge in [-0.05, 0) is 50.4 Å². The highest BCUT2D eigenvalue weighted by molar-refractivity contribution is 5.13. The van der Waals surface area contributed by atoms with Crippen molar-refractivity contribution in [1.82, 2.24) is 10.3 Å². The maximum atomic E-state index is 6.14. The SMILES string of the molecule is CCNC(Cc1ccncc1)C(CC)(CC)OCC. The van der Waals surface area contributed by atoms with Crippen molar-refractivity contribution in [3.05, 3.63) is 30.1 Å². The predicted molar refractivity (Wildman–Crippen MR) is 80.3 cm³/mol. The molecule has 0 aliphatic heterocycles. The number of nitrogens with one attached hydrogen (secondary N) is 1. The number of hydrogen-bond donors (Lipinski definition) is 1. The Labute approximate surface area is 117 Å². The molecule has 19 heavy (non-hydrogen) atoms. The van der Waals surface area contributed by atoms with Crippen molar-refractivity contribution in [1.29, 1.82) is 0 Å². The molecule has 0 saturated heterocycles. The van der Waals surface area contributed by atoms with E-state index in [9.17, 15) is 0 Å². The third kappa shape index (κ3) is 4.29. The van der Waals surface area contributed by atoms with Gasteiger partial charge >= 0.3 is 0 Å². The molecule has 1 N–H and O–H groups in total. The van der Waals surface area contributed by atoms with Gasteiger partial charge < -0.3 is 10.1 Å². The molecule has 0 bridgehead atoms. The van der Waals surface area contributed by atoms with Crippen LogP contribution in [-0.4, -0.2) is 29.8 Å². The van der Waals surface area contributed by atoms with E-state index in [1.807, 2.05) is 12.4 Å². The standard InChI is InChI=1S/C16H28N2O/c1-5-16(6-2,19-8-4)15(18-7-3)13-14-9-11-17-12-10-14/h9-12,15,18H,5-8,13H2,1-4H3. The van der Waals surface area contributed by atoms with E-state index in [-0.39, 0.29) is 5.60 Å². The van der Waals surface area contributed by atoms with Crippen LogP contribution in [-0.2, 0) is 11.2 Å². The lowest BCUT2D eigenvalue weighted by Gasteiger charge is -2.40. The minimum absolute atomic E-state index is 0.0754. The summed E-state index contributed by atoms with van der Waals surface area (Å²) >= 11 is 0. The van der Waals surface area contributed by atoms with E-state index in [4.69, 9.17) is 4.74 Å². The molecule has 0 fully saturated rings. The number of hydrogen-bond acceptors (Lipinski definition) is 3. The number of aromatic nitrogens is 1. The highest BCUT2D eigenvalue weighted by atomic mass is 16.5.